The van der Waals surface area contributed by atoms with Crippen molar-refractivity contribution in [3.63, 3.8) is 0 Å². The first-order valence-corrected chi connectivity index (χ1v) is 12.2. The third-order valence-corrected chi connectivity index (χ3v) is 6.25. The maximum atomic E-state index is 12.9. The van der Waals surface area contributed by atoms with Crippen LogP contribution in [-0.2, 0) is 10.0 Å². The molecule has 2 N–H and O–H groups in total. The second-order valence-corrected chi connectivity index (χ2v) is 9.21. The Bertz CT molecular complexity index is 1230. The van der Waals surface area contributed by atoms with Crippen LogP contribution in [0.3, 0.4) is 0 Å². The third kappa shape index (κ3) is 6.18. The molecular weight excluding hydrogens is 464 g/mol. The van der Waals surface area contributed by atoms with Gasteiger partial charge in [0.1, 0.15) is 11.5 Å². The van der Waals surface area contributed by atoms with E-state index in [4.69, 9.17) is 21.1 Å². The SMILES string of the molecule is CCOc1cc(NS(=O)(=O)c2ccc(Cl)cc2)c(OCC)cc1NC(=O)c1ccc(C)cc1. The Hall–Kier alpha value is -3.23. The number of rotatable bonds is 9. The summed E-state index contributed by atoms with van der Waals surface area (Å²) in [7, 11) is -3.92. The lowest BCUT2D eigenvalue weighted by Crippen LogP contribution is -2.16. The second-order valence-electron chi connectivity index (χ2n) is 7.09. The second kappa shape index (κ2) is 10.6. The van der Waals surface area contributed by atoms with Crippen molar-refractivity contribution in [2.24, 2.45) is 0 Å². The molecule has 0 spiro atoms. The predicted octanol–water partition coefficient (Wildman–Crippen LogP) is 5.50. The van der Waals surface area contributed by atoms with E-state index in [-0.39, 0.29) is 28.8 Å². The Labute approximate surface area is 198 Å². The van der Waals surface area contributed by atoms with Gasteiger partial charge in [0.05, 0.1) is 29.5 Å². The molecule has 9 heteroatoms. The maximum absolute atomic E-state index is 12.9. The number of halogens is 1. The summed E-state index contributed by atoms with van der Waals surface area (Å²) in [5.74, 6) is 0.223. The first kappa shape index (κ1) is 24.4. The van der Waals surface area contributed by atoms with Gasteiger partial charge in [0, 0.05) is 22.7 Å². The predicted molar refractivity (Wildman–Crippen MR) is 130 cm³/mol. The zero-order valence-electron chi connectivity index (χ0n) is 18.5. The number of carbonyl (C=O) groups is 1. The van der Waals surface area contributed by atoms with Crippen molar-refractivity contribution in [1.29, 1.82) is 0 Å². The molecule has 0 aromatic heterocycles. The van der Waals surface area contributed by atoms with E-state index in [0.29, 0.717) is 28.6 Å². The van der Waals surface area contributed by atoms with Crippen molar-refractivity contribution in [3.8, 4) is 11.5 Å². The van der Waals surface area contributed by atoms with E-state index in [2.05, 4.69) is 10.0 Å². The molecule has 0 atom stereocenters. The summed E-state index contributed by atoms with van der Waals surface area (Å²) >= 11 is 5.87. The van der Waals surface area contributed by atoms with Crippen LogP contribution in [0, 0.1) is 6.92 Å². The topological polar surface area (TPSA) is 93.7 Å². The van der Waals surface area contributed by atoms with Gasteiger partial charge in [-0.15, -0.1) is 0 Å². The largest absolute Gasteiger partial charge is 0.492 e. The van der Waals surface area contributed by atoms with E-state index in [0.717, 1.165) is 5.56 Å². The summed E-state index contributed by atoms with van der Waals surface area (Å²) in [6.07, 6.45) is 0. The molecule has 0 saturated heterocycles. The number of hydrogen-bond donors (Lipinski definition) is 2. The highest BCUT2D eigenvalue weighted by Crippen LogP contribution is 2.38. The lowest BCUT2D eigenvalue weighted by molar-refractivity contribution is 0.102. The number of aryl methyl sites for hydroxylation is 1. The molecular formula is C24H25ClN2O5S. The summed E-state index contributed by atoms with van der Waals surface area (Å²) in [6.45, 7) is 6.10. The molecule has 1 amide bonds. The fourth-order valence-electron chi connectivity index (χ4n) is 3.00. The van der Waals surface area contributed by atoms with Gasteiger partial charge in [0.15, 0.2) is 0 Å². The van der Waals surface area contributed by atoms with Crippen molar-refractivity contribution in [2.75, 3.05) is 23.3 Å². The zero-order valence-corrected chi connectivity index (χ0v) is 20.1. The Balaban J connectivity index is 1.97. The fraction of sp³-hybridized carbons (Fsp3) is 0.208. The number of anilines is 2. The van der Waals surface area contributed by atoms with Gasteiger partial charge >= 0.3 is 0 Å². The number of nitrogens with one attached hydrogen (secondary N) is 2. The van der Waals surface area contributed by atoms with Crippen molar-refractivity contribution < 1.29 is 22.7 Å². The highest BCUT2D eigenvalue weighted by Gasteiger charge is 2.20. The van der Waals surface area contributed by atoms with Crippen LogP contribution in [-0.4, -0.2) is 27.5 Å². The van der Waals surface area contributed by atoms with Crippen LogP contribution in [0.1, 0.15) is 29.8 Å². The Morgan fingerprint density at radius 3 is 2.00 bits per heavy atom. The fourth-order valence-corrected chi connectivity index (χ4v) is 4.19. The molecule has 7 nitrogen and oxygen atoms in total. The summed E-state index contributed by atoms with van der Waals surface area (Å²) in [6, 6.07) is 16.0. The molecule has 0 aliphatic rings. The van der Waals surface area contributed by atoms with E-state index in [9.17, 15) is 13.2 Å². The first-order valence-electron chi connectivity index (χ1n) is 10.3. The molecule has 3 rings (SSSR count). The van der Waals surface area contributed by atoms with Gasteiger partial charge < -0.3 is 14.8 Å². The molecule has 0 unspecified atom stereocenters. The van der Waals surface area contributed by atoms with Gasteiger partial charge in [-0.05, 0) is 57.2 Å². The third-order valence-electron chi connectivity index (χ3n) is 4.61. The molecule has 0 fully saturated rings. The van der Waals surface area contributed by atoms with Crippen molar-refractivity contribution in [1.82, 2.24) is 0 Å². The van der Waals surface area contributed by atoms with Crippen LogP contribution in [0.4, 0.5) is 11.4 Å². The molecule has 3 aromatic carbocycles. The van der Waals surface area contributed by atoms with Crippen LogP contribution < -0.4 is 19.5 Å². The van der Waals surface area contributed by atoms with Crippen LogP contribution >= 0.6 is 11.6 Å². The molecule has 0 radical (unpaired) electrons. The number of carbonyl (C=O) groups excluding carboxylic acids is 1. The minimum Gasteiger partial charge on any atom is -0.492 e. The highest BCUT2D eigenvalue weighted by atomic mass is 35.5. The summed E-state index contributed by atoms with van der Waals surface area (Å²) in [5, 5.41) is 3.25. The number of ether oxygens (including phenoxy) is 2. The number of amides is 1. The quantitative estimate of drug-likeness (QED) is 0.415. The van der Waals surface area contributed by atoms with E-state index in [1.54, 1.807) is 32.0 Å². The number of sulfonamides is 1. The molecule has 0 aliphatic carbocycles. The zero-order chi connectivity index (χ0) is 24.0. The average Bonchev–Trinajstić information content (AvgIpc) is 2.77. The van der Waals surface area contributed by atoms with E-state index < -0.39 is 10.0 Å². The van der Waals surface area contributed by atoms with Crippen LogP contribution in [0.5, 0.6) is 11.5 Å². The van der Waals surface area contributed by atoms with Gasteiger partial charge in [-0.25, -0.2) is 8.42 Å². The van der Waals surface area contributed by atoms with Crippen molar-refractivity contribution in [2.45, 2.75) is 25.7 Å². The van der Waals surface area contributed by atoms with Gasteiger partial charge in [-0.1, -0.05) is 29.3 Å². The average molecular weight is 489 g/mol. The molecule has 0 saturated carbocycles. The lowest BCUT2D eigenvalue weighted by atomic mass is 10.1. The highest BCUT2D eigenvalue weighted by molar-refractivity contribution is 7.92. The molecule has 3 aromatic rings. The maximum Gasteiger partial charge on any atom is 0.262 e. The van der Waals surface area contributed by atoms with Crippen LogP contribution in [0.25, 0.3) is 0 Å². The van der Waals surface area contributed by atoms with Crippen LogP contribution in [0.15, 0.2) is 65.6 Å². The molecule has 0 heterocycles. The van der Waals surface area contributed by atoms with Gasteiger partial charge in [-0.3, -0.25) is 9.52 Å². The Kier molecular flexibility index (Phi) is 7.84. The molecule has 174 valence electrons. The Morgan fingerprint density at radius 2 is 1.42 bits per heavy atom. The van der Waals surface area contributed by atoms with Crippen molar-refractivity contribution >= 4 is 38.9 Å². The van der Waals surface area contributed by atoms with Gasteiger partial charge in [-0.2, -0.15) is 0 Å². The standard InChI is InChI=1S/C24H25ClN2O5S/c1-4-31-22-15-21(27-33(29,30)19-12-10-18(25)11-13-19)23(32-5-2)14-20(22)26-24(28)17-8-6-16(3)7-9-17/h6-15,27H,4-5H2,1-3H3,(H,26,28). The minimum atomic E-state index is -3.92. The normalized spacial score (nSPS) is 11.0. The van der Waals surface area contributed by atoms with Gasteiger partial charge in [0.25, 0.3) is 15.9 Å². The minimum absolute atomic E-state index is 0.0454. The molecule has 0 aliphatic heterocycles. The van der Waals surface area contributed by atoms with Crippen molar-refractivity contribution in [3.05, 3.63) is 76.8 Å². The number of benzene rings is 3. The first-order chi connectivity index (χ1) is 15.7. The van der Waals surface area contributed by atoms with Gasteiger partial charge in [0.2, 0.25) is 0 Å². The summed E-state index contributed by atoms with van der Waals surface area (Å²) < 4.78 is 39.7. The van der Waals surface area contributed by atoms with Crippen LogP contribution in [0.2, 0.25) is 5.02 Å². The monoisotopic (exact) mass is 488 g/mol. The summed E-state index contributed by atoms with van der Waals surface area (Å²) in [4.78, 5) is 12.8. The number of hydrogen-bond acceptors (Lipinski definition) is 5. The molecule has 33 heavy (non-hydrogen) atoms. The van der Waals surface area contributed by atoms with E-state index >= 15 is 0 Å². The summed E-state index contributed by atoms with van der Waals surface area (Å²) in [5.41, 5.74) is 2.06. The van der Waals surface area contributed by atoms with E-state index in [1.807, 2.05) is 19.1 Å². The molecule has 0 bridgehead atoms. The smallest absolute Gasteiger partial charge is 0.262 e. The van der Waals surface area contributed by atoms with E-state index in [1.165, 1.54) is 30.3 Å². The Morgan fingerprint density at radius 1 is 0.879 bits per heavy atom. The lowest BCUT2D eigenvalue weighted by Gasteiger charge is -2.18.